The minimum atomic E-state index is -0.00476. The van der Waals surface area contributed by atoms with Crippen LogP contribution in [0, 0.1) is 16.7 Å². The van der Waals surface area contributed by atoms with Crippen LogP contribution in [0.2, 0.25) is 0 Å². The summed E-state index contributed by atoms with van der Waals surface area (Å²) in [4.78, 5) is 13.5. The van der Waals surface area contributed by atoms with Crippen molar-refractivity contribution in [2.75, 3.05) is 13.1 Å². The van der Waals surface area contributed by atoms with E-state index in [4.69, 9.17) is 11.0 Å². The standard InChI is InChI=1S/C13H21N3O/c14-8-3-12(17)16-9-6-13(7-10-16)4-1-11(15)2-5-13/h11H,1-7,9-10,15H2. The Bertz CT molecular complexity index is 316. The largest absolute Gasteiger partial charge is 0.342 e. The Kier molecular flexibility index (Phi) is 3.68. The molecule has 0 aromatic carbocycles. The molecule has 1 spiro atoms. The number of nitrogens with two attached hydrogens (primary N) is 1. The summed E-state index contributed by atoms with van der Waals surface area (Å²) in [5.74, 6) is -0.00476. The highest BCUT2D eigenvalue weighted by atomic mass is 16.2. The molecule has 0 atom stereocenters. The summed E-state index contributed by atoms with van der Waals surface area (Å²) in [5, 5.41) is 8.53. The van der Waals surface area contributed by atoms with Crippen molar-refractivity contribution in [2.24, 2.45) is 11.1 Å². The summed E-state index contributed by atoms with van der Waals surface area (Å²) in [6.45, 7) is 1.66. The monoisotopic (exact) mass is 235 g/mol. The lowest BCUT2D eigenvalue weighted by molar-refractivity contribution is -0.132. The normalized spacial score (nSPS) is 24.6. The predicted molar refractivity (Wildman–Crippen MR) is 64.9 cm³/mol. The molecular weight excluding hydrogens is 214 g/mol. The average Bonchev–Trinajstić information content (AvgIpc) is 2.35. The van der Waals surface area contributed by atoms with Crippen molar-refractivity contribution in [2.45, 2.75) is 51.0 Å². The Morgan fingerprint density at radius 1 is 1.29 bits per heavy atom. The van der Waals surface area contributed by atoms with E-state index in [1.807, 2.05) is 11.0 Å². The molecule has 1 saturated heterocycles. The van der Waals surface area contributed by atoms with Gasteiger partial charge in [-0.05, 0) is 43.9 Å². The summed E-state index contributed by atoms with van der Waals surface area (Å²) in [6, 6.07) is 2.32. The van der Waals surface area contributed by atoms with Crippen LogP contribution < -0.4 is 5.73 Å². The predicted octanol–water partition coefficient (Wildman–Crippen LogP) is 1.41. The van der Waals surface area contributed by atoms with Crippen LogP contribution >= 0.6 is 0 Å². The molecule has 4 heteroatoms. The first-order valence-corrected chi connectivity index (χ1v) is 6.55. The molecule has 0 unspecified atom stereocenters. The van der Waals surface area contributed by atoms with Gasteiger partial charge in [0.15, 0.2) is 0 Å². The molecular formula is C13H21N3O. The highest BCUT2D eigenvalue weighted by Gasteiger charge is 2.38. The van der Waals surface area contributed by atoms with Crippen molar-refractivity contribution in [3.63, 3.8) is 0 Å². The summed E-state index contributed by atoms with van der Waals surface area (Å²) in [7, 11) is 0. The molecule has 0 radical (unpaired) electrons. The second-order valence-electron chi connectivity index (χ2n) is 5.55. The molecule has 17 heavy (non-hydrogen) atoms. The molecule has 1 aliphatic heterocycles. The van der Waals surface area contributed by atoms with Crippen molar-refractivity contribution in [1.82, 2.24) is 4.90 Å². The Balaban J connectivity index is 1.85. The molecule has 2 N–H and O–H groups in total. The average molecular weight is 235 g/mol. The Hall–Kier alpha value is -1.08. The Labute approximate surface area is 103 Å². The van der Waals surface area contributed by atoms with Gasteiger partial charge in [-0.25, -0.2) is 0 Å². The molecule has 0 aromatic rings. The van der Waals surface area contributed by atoms with Crippen molar-refractivity contribution in [1.29, 1.82) is 5.26 Å². The summed E-state index contributed by atoms with van der Waals surface area (Å²) >= 11 is 0. The zero-order valence-corrected chi connectivity index (χ0v) is 10.3. The molecule has 1 amide bonds. The maximum atomic E-state index is 11.6. The number of rotatable bonds is 1. The van der Waals surface area contributed by atoms with Crippen LogP contribution in [0.4, 0.5) is 0 Å². The van der Waals surface area contributed by atoms with Crippen LogP contribution in [0.15, 0.2) is 0 Å². The second-order valence-corrected chi connectivity index (χ2v) is 5.55. The van der Waals surface area contributed by atoms with Crippen molar-refractivity contribution in [3.8, 4) is 6.07 Å². The Morgan fingerprint density at radius 2 is 1.88 bits per heavy atom. The van der Waals surface area contributed by atoms with E-state index in [0.29, 0.717) is 11.5 Å². The minimum absolute atomic E-state index is 0.00476. The van der Waals surface area contributed by atoms with Crippen LogP contribution in [0.3, 0.4) is 0 Å². The van der Waals surface area contributed by atoms with E-state index in [2.05, 4.69) is 0 Å². The minimum Gasteiger partial charge on any atom is -0.342 e. The smallest absolute Gasteiger partial charge is 0.236 e. The molecule has 4 nitrogen and oxygen atoms in total. The lowest BCUT2D eigenvalue weighted by Crippen LogP contribution is -2.45. The van der Waals surface area contributed by atoms with Gasteiger partial charge in [0.25, 0.3) is 0 Å². The topological polar surface area (TPSA) is 70.1 Å². The summed E-state index contributed by atoms with van der Waals surface area (Å²) in [5.41, 5.74) is 6.38. The van der Waals surface area contributed by atoms with Crippen LogP contribution in [0.1, 0.15) is 44.9 Å². The molecule has 94 valence electrons. The SMILES string of the molecule is N#CCC(=O)N1CCC2(CCC(N)CC2)CC1. The number of carbonyl (C=O) groups excluding carboxylic acids is 1. The first kappa shape index (κ1) is 12.4. The van der Waals surface area contributed by atoms with Crippen molar-refractivity contribution >= 4 is 5.91 Å². The van der Waals surface area contributed by atoms with Gasteiger partial charge < -0.3 is 10.6 Å². The lowest BCUT2D eigenvalue weighted by Gasteiger charge is -2.45. The van der Waals surface area contributed by atoms with Gasteiger partial charge in [0.05, 0.1) is 6.07 Å². The number of nitrogens with zero attached hydrogens (tertiary/aromatic N) is 2. The van der Waals surface area contributed by atoms with Crippen LogP contribution in [-0.2, 0) is 4.79 Å². The molecule has 1 aliphatic carbocycles. The van der Waals surface area contributed by atoms with Crippen molar-refractivity contribution in [3.05, 3.63) is 0 Å². The fourth-order valence-corrected chi connectivity index (χ4v) is 3.16. The highest BCUT2D eigenvalue weighted by Crippen LogP contribution is 2.44. The van der Waals surface area contributed by atoms with E-state index >= 15 is 0 Å². The molecule has 1 saturated carbocycles. The maximum absolute atomic E-state index is 11.6. The molecule has 2 fully saturated rings. The van der Waals surface area contributed by atoms with E-state index in [0.717, 1.165) is 38.8 Å². The first-order chi connectivity index (χ1) is 8.15. The number of hydrogen-bond donors (Lipinski definition) is 1. The number of likely N-dealkylation sites (tertiary alicyclic amines) is 1. The number of amides is 1. The van der Waals surface area contributed by atoms with Crippen LogP contribution in [0.5, 0.6) is 0 Å². The van der Waals surface area contributed by atoms with E-state index in [1.165, 1.54) is 12.8 Å². The third kappa shape index (κ3) is 2.78. The van der Waals surface area contributed by atoms with Gasteiger partial charge in [0, 0.05) is 19.1 Å². The highest BCUT2D eigenvalue weighted by molar-refractivity contribution is 5.78. The van der Waals surface area contributed by atoms with Gasteiger partial charge in [-0.15, -0.1) is 0 Å². The quantitative estimate of drug-likeness (QED) is 0.747. The molecule has 2 aliphatic rings. The molecule has 0 bridgehead atoms. The lowest BCUT2D eigenvalue weighted by atomic mass is 9.67. The molecule has 1 heterocycles. The zero-order valence-electron chi connectivity index (χ0n) is 10.3. The zero-order chi connectivity index (χ0) is 12.3. The molecule has 0 aromatic heterocycles. The fourth-order valence-electron chi connectivity index (χ4n) is 3.16. The summed E-state index contributed by atoms with van der Waals surface area (Å²) < 4.78 is 0. The van der Waals surface area contributed by atoms with E-state index in [1.54, 1.807) is 0 Å². The maximum Gasteiger partial charge on any atom is 0.236 e. The van der Waals surface area contributed by atoms with Gasteiger partial charge in [0.1, 0.15) is 6.42 Å². The summed E-state index contributed by atoms with van der Waals surface area (Å²) in [6.07, 6.45) is 6.91. The number of carbonyl (C=O) groups is 1. The first-order valence-electron chi connectivity index (χ1n) is 6.55. The number of nitriles is 1. The fraction of sp³-hybridized carbons (Fsp3) is 0.846. The van der Waals surface area contributed by atoms with Gasteiger partial charge in [-0.3, -0.25) is 4.79 Å². The van der Waals surface area contributed by atoms with E-state index in [-0.39, 0.29) is 12.3 Å². The van der Waals surface area contributed by atoms with E-state index in [9.17, 15) is 4.79 Å². The second kappa shape index (κ2) is 5.05. The van der Waals surface area contributed by atoms with E-state index < -0.39 is 0 Å². The van der Waals surface area contributed by atoms with Gasteiger partial charge >= 0.3 is 0 Å². The number of piperidine rings is 1. The van der Waals surface area contributed by atoms with Crippen LogP contribution in [0.25, 0.3) is 0 Å². The van der Waals surface area contributed by atoms with Crippen LogP contribution in [-0.4, -0.2) is 29.9 Å². The Morgan fingerprint density at radius 3 is 2.41 bits per heavy atom. The molecule has 2 rings (SSSR count). The van der Waals surface area contributed by atoms with Gasteiger partial charge in [-0.2, -0.15) is 5.26 Å². The number of hydrogen-bond acceptors (Lipinski definition) is 3. The van der Waals surface area contributed by atoms with Gasteiger partial charge in [0.2, 0.25) is 5.91 Å². The third-order valence-corrected chi connectivity index (χ3v) is 4.50. The third-order valence-electron chi connectivity index (χ3n) is 4.50. The van der Waals surface area contributed by atoms with Gasteiger partial charge in [-0.1, -0.05) is 0 Å². The van der Waals surface area contributed by atoms with Crippen molar-refractivity contribution < 1.29 is 4.79 Å².